The van der Waals surface area contributed by atoms with Crippen LogP contribution in [-0.4, -0.2) is 56.3 Å². The number of sulfonamides is 1. The smallest absolute Gasteiger partial charge is 0.243 e. The van der Waals surface area contributed by atoms with Gasteiger partial charge in [0.15, 0.2) is 0 Å². The molecule has 0 aromatic heterocycles. The molecular weight excluding hydrogens is 417 g/mol. The molecule has 2 aromatic rings. The third kappa shape index (κ3) is 5.70. The van der Waals surface area contributed by atoms with Gasteiger partial charge in [-0.15, -0.1) is 0 Å². The van der Waals surface area contributed by atoms with Crippen LogP contribution in [0.3, 0.4) is 0 Å². The van der Waals surface area contributed by atoms with Crippen LogP contribution in [0.25, 0.3) is 0 Å². The first-order valence-electron chi connectivity index (χ1n) is 10.5. The maximum atomic E-state index is 13.6. The van der Waals surface area contributed by atoms with E-state index < -0.39 is 10.0 Å². The van der Waals surface area contributed by atoms with Gasteiger partial charge < -0.3 is 10.2 Å². The van der Waals surface area contributed by atoms with E-state index in [-0.39, 0.29) is 36.1 Å². The minimum absolute atomic E-state index is 0.0578. The summed E-state index contributed by atoms with van der Waals surface area (Å²) in [4.78, 5) is 14.7. The molecule has 0 spiro atoms. The number of hydrogen-bond donors (Lipinski definition) is 1. The highest BCUT2D eigenvalue weighted by Gasteiger charge is 2.28. The molecule has 1 heterocycles. The van der Waals surface area contributed by atoms with Gasteiger partial charge in [-0.2, -0.15) is 4.31 Å². The molecule has 1 aliphatic rings. The monoisotopic (exact) mass is 447 g/mol. The van der Waals surface area contributed by atoms with Gasteiger partial charge >= 0.3 is 0 Å². The lowest BCUT2D eigenvalue weighted by atomic mass is 10.1. The van der Waals surface area contributed by atoms with Gasteiger partial charge in [0.25, 0.3) is 0 Å². The molecule has 1 amide bonds. The van der Waals surface area contributed by atoms with Crippen molar-refractivity contribution >= 4 is 15.9 Å². The van der Waals surface area contributed by atoms with Crippen LogP contribution in [0.4, 0.5) is 4.39 Å². The molecule has 0 bridgehead atoms. The molecule has 0 saturated carbocycles. The van der Waals surface area contributed by atoms with Gasteiger partial charge in [0.2, 0.25) is 15.9 Å². The summed E-state index contributed by atoms with van der Waals surface area (Å²) in [5, 5.41) is 3.20. The SMILES string of the molecule is Cc1cc(C)c(S(=O)(=O)N(CCC(=O)N2CCNCC2)Cc2ccc(F)cc2)cc1C. The molecule has 1 aliphatic heterocycles. The van der Waals surface area contributed by atoms with Crippen molar-refractivity contribution in [3.05, 3.63) is 64.5 Å². The molecule has 31 heavy (non-hydrogen) atoms. The van der Waals surface area contributed by atoms with E-state index >= 15 is 0 Å². The van der Waals surface area contributed by atoms with Crippen LogP contribution in [0, 0.1) is 26.6 Å². The second kappa shape index (κ2) is 9.89. The lowest BCUT2D eigenvalue weighted by molar-refractivity contribution is -0.131. The van der Waals surface area contributed by atoms with E-state index in [1.165, 1.54) is 16.4 Å². The number of halogens is 1. The first-order chi connectivity index (χ1) is 14.7. The zero-order valence-electron chi connectivity index (χ0n) is 18.3. The number of amides is 1. The third-order valence-corrected chi connectivity index (χ3v) is 7.71. The van der Waals surface area contributed by atoms with Crippen molar-refractivity contribution in [1.29, 1.82) is 0 Å². The Kier molecular flexibility index (Phi) is 7.46. The summed E-state index contributed by atoms with van der Waals surface area (Å²) in [6.45, 7) is 8.48. The molecule has 1 fully saturated rings. The number of nitrogens with one attached hydrogen (secondary N) is 1. The fourth-order valence-corrected chi connectivity index (χ4v) is 5.44. The number of carbonyl (C=O) groups excluding carboxylic acids is 1. The summed E-state index contributed by atoms with van der Waals surface area (Å²) in [5.74, 6) is -0.435. The Morgan fingerprint density at radius 1 is 1.03 bits per heavy atom. The van der Waals surface area contributed by atoms with Crippen molar-refractivity contribution in [1.82, 2.24) is 14.5 Å². The lowest BCUT2D eigenvalue weighted by Gasteiger charge is -2.29. The predicted molar refractivity (Wildman–Crippen MR) is 119 cm³/mol. The molecule has 2 aromatic carbocycles. The van der Waals surface area contributed by atoms with Gasteiger partial charge in [-0.25, -0.2) is 12.8 Å². The van der Waals surface area contributed by atoms with Gasteiger partial charge in [-0.3, -0.25) is 4.79 Å². The van der Waals surface area contributed by atoms with Crippen molar-refractivity contribution in [2.75, 3.05) is 32.7 Å². The summed E-state index contributed by atoms with van der Waals surface area (Å²) in [5.41, 5.74) is 3.25. The van der Waals surface area contributed by atoms with Crippen molar-refractivity contribution in [2.45, 2.75) is 38.6 Å². The number of nitrogens with zero attached hydrogens (tertiary/aromatic N) is 2. The van der Waals surface area contributed by atoms with Crippen molar-refractivity contribution in [2.24, 2.45) is 0 Å². The normalized spacial score (nSPS) is 14.8. The molecule has 0 radical (unpaired) electrons. The largest absolute Gasteiger partial charge is 0.340 e. The highest BCUT2D eigenvalue weighted by Crippen LogP contribution is 2.25. The number of piperazine rings is 1. The number of benzene rings is 2. The lowest BCUT2D eigenvalue weighted by Crippen LogP contribution is -2.47. The van der Waals surface area contributed by atoms with Crippen LogP contribution in [0.5, 0.6) is 0 Å². The fraction of sp³-hybridized carbons (Fsp3) is 0.435. The van der Waals surface area contributed by atoms with E-state index in [4.69, 9.17) is 0 Å². The summed E-state index contributed by atoms with van der Waals surface area (Å²) < 4.78 is 41.8. The second-order valence-electron chi connectivity index (χ2n) is 8.05. The van der Waals surface area contributed by atoms with E-state index in [1.54, 1.807) is 30.0 Å². The Balaban J connectivity index is 1.87. The maximum absolute atomic E-state index is 13.6. The number of aryl methyl sites for hydroxylation is 3. The van der Waals surface area contributed by atoms with Crippen LogP contribution in [0.15, 0.2) is 41.3 Å². The maximum Gasteiger partial charge on any atom is 0.243 e. The van der Waals surface area contributed by atoms with E-state index in [9.17, 15) is 17.6 Å². The Morgan fingerprint density at radius 2 is 1.65 bits per heavy atom. The van der Waals surface area contributed by atoms with Crippen molar-refractivity contribution < 1.29 is 17.6 Å². The predicted octanol–water partition coefficient (Wildman–Crippen LogP) is 2.76. The molecule has 8 heteroatoms. The summed E-state index contributed by atoms with van der Waals surface area (Å²) in [7, 11) is -3.85. The Bertz CT molecular complexity index is 1030. The molecule has 1 N–H and O–H groups in total. The van der Waals surface area contributed by atoms with Gasteiger partial charge in [0.1, 0.15) is 5.82 Å². The van der Waals surface area contributed by atoms with Gasteiger partial charge in [0.05, 0.1) is 4.90 Å². The number of carbonyl (C=O) groups is 1. The highest BCUT2D eigenvalue weighted by atomic mass is 32.2. The second-order valence-corrected chi connectivity index (χ2v) is 9.95. The van der Waals surface area contributed by atoms with Gasteiger partial charge in [0, 0.05) is 45.7 Å². The third-order valence-electron chi connectivity index (χ3n) is 5.73. The Labute approximate surface area is 184 Å². The first-order valence-corrected chi connectivity index (χ1v) is 11.9. The summed E-state index contributed by atoms with van der Waals surface area (Å²) in [6, 6.07) is 9.33. The first kappa shape index (κ1) is 23.4. The minimum atomic E-state index is -3.85. The zero-order chi connectivity index (χ0) is 22.6. The standard InChI is InChI=1S/C23H30FN3O3S/c1-17-14-19(3)22(15-18(17)2)31(29,30)27(16-20-4-6-21(24)7-5-20)11-8-23(28)26-12-9-25-10-13-26/h4-7,14-15,25H,8-13,16H2,1-3H3. The molecule has 0 atom stereocenters. The van der Waals surface area contributed by atoms with Crippen LogP contribution in [0.1, 0.15) is 28.7 Å². The molecule has 6 nitrogen and oxygen atoms in total. The molecule has 0 unspecified atom stereocenters. The van der Waals surface area contributed by atoms with E-state index in [1.807, 2.05) is 19.9 Å². The average Bonchev–Trinajstić information content (AvgIpc) is 2.75. The van der Waals surface area contributed by atoms with Crippen LogP contribution >= 0.6 is 0 Å². The Hall–Kier alpha value is -2.29. The fourth-order valence-electron chi connectivity index (χ4n) is 3.72. The number of rotatable bonds is 7. The summed E-state index contributed by atoms with van der Waals surface area (Å²) >= 11 is 0. The van der Waals surface area contributed by atoms with Crippen LogP contribution in [0.2, 0.25) is 0 Å². The quantitative estimate of drug-likeness (QED) is 0.709. The van der Waals surface area contributed by atoms with E-state index in [0.717, 1.165) is 24.2 Å². The zero-order valence-corrected chi connectivity index (χ0v) is 19.1. The molecule has 1 saturated heterocycles. The van der Waals surface area contributed by atoms with E-state index in [2.05, 4.69) is 5.32 Å². The topological polar surface area (TPSA) is 69.7 Å². The Morgan fingerprint density at radius 3 is 2.29 bits per heavy atom. The number of hydrogen-bond acceptors (Lipinski definition) is 4. The average molecular weight is 448 g/mol. The molecule has 168 valence electrons. The van der Waals surface area contributed by atoms with Gasteiger partial charge in [-0.1, -0.05) is 18.2 Å². The van der Waals surface area contributed by atoms with Crippen molar-refractivity contribution in [3.8, 4) is 0 Å². The summed E-state index contributed by atoms with van der Waals surface area (Å²) in [6.07, 6.45) is 0.102. The van der Waals surface area contributed by atoms with Crippen LogP contribution < -0.4 is 5.32 Å². The minimum Gasteiger partial charge on any atom is -0.340 e. The van der Waals surface area contributed by atoms with Crippen LogP contribution in [-0.2, 0) is 21.4 Å². The van der Waals surface area contributed by atoms with E-state index in [0.29, 0.717) is 24.2 Å². The highest BCUT2D eigenvalue weighted by molar-refractivity contribution is 7.89. The molecular formula is C23H30FN3O3S. The van der Waals surface area contributed by atoms with Gasteiger partial charge in [-0.05, 0) is 61.2 Å². The molecule has 0 aliphatic carbocycles. The molecule has 3 rings (SSSR count). The van der Waals surface area contributed by atoms with Crippen molar-refractivity contribution in [3.63, 3.8) is 0 Å².